The van der Waals surface area contributed by atoms with Crippen LogP contribution in [0.5, 0.6) is 0 Å². The summed E-state index contributed by atoms with van der Waals surface area (Å²) in [5.41, 5.74) is 1.46. The van der Waals surface area contributed by atoms with Gasteiger partial charge in [-0.05, 0) is 11.1 Å². The fourth-order valence-electron chi connectivity index (χ4n) is 1.88. The van der Waals surface area contributed by atoms with Gasteiger partial charge >= 0.3 is 5.97 Å². The molecule has 21 heavy (non-hydrogen) atoms. The second-order valence-electron chi connectivity index (χ2n) is 4.35. The minimum atomic E-state index is -0.907. The number of pyridine rings is 1. The highest BCUT2D eigenvalue weighted by molar-refractivity contribution is 5.70. The van der Waals surface area contributed by atoms with Crippen molar-refractivity contribution < 1.29 is 14.8 Å². The minimum absolute atomic E-state index is 0.0497. The predicted octanol–water partition coefficient (Wildman–Crippen LogP) is 2.23. The van der Waals surface area contributed by atoms with Crippen LogP contribution in [0.15, 0.2) is 42.6 Å². The van der Waals surface area contributed by atoms with Gasteiger partial charge in [-0.1, -0.05) is 24.3 Å². The molecule has 2 rings (SSSR count). The van der Waals surface area contributed by atoms with Crippen molar-refractivity contribution in [2.45, 2.75) is 13.0 Å². The highest BCUT2D eigenvalue weighted by Crippen LogP contribution is 2.16. The third-order valence-electron chi connectivity index (χ3n) is 2.87. The van der Waals surface area contributed by atoms with Gasteiger partial charge in [0, 0.05) is 18.8 Å². The van der Waals surface area contributed by atoms with E-state index in [1.165, 1.54) is 18.3 Å². The zero-order chi connectivity index (χ0) is 15.2. The number of nitrogens with zero attached hydrogens (tertiary/aromatic N) is 2. The lowest BCUT2D eigenvalue weighted by Gasteiger charge is -2.09. The van der Waals surface area contributed by atoms with E-state index in [1.54, 1.807) is 12.1 Å². The van der Waals surface area contributed by atoms with Gasteiger partial charge < -0.3 is 10.4 Å². The molecule has 7 heteroatoms. The van der Waals surface area contributed by atoms with Crippen LogP contribution in [0.25, 0.3) is 0 Å². The van der Waals surface area contributed by atoms with Gasteiger partial charge in [-0.25, -0.2) is 4.98 Å². The first-order valence-electron chi connectivity index (χ1n) is 6.19. The molecule has 1 aromatic heterocycles. The fraction of sp³-hybridized carbons (Fsp3) is 0.143. The van der Waals surface area contributed by atoms with E-state index >= 15 is 0 Å². The summed E-state index contributed by atoms with van der Waals surface area (Å²) < 4.78 is 0. The molecule has 2 N–H and O–H groups in total. The Morgan fingerprint density at radius 2 is 2.00 bits per heavy atom. The van der Waals surface area contributed by atoms with Crippen molar-refractivity contribution in [3.63, 3.8) is 0 Å². The summed E-state index contributed by atoms with van der Waals surface area (Å²) in [4.78, 5) is 25.0. The maximum absolute atomic E-state index is 10.8. The van der Waals surface area contributed by atoms with Gasteiger partial charge in [-0.15, -0.1) is 0 Å². The van der Waals surface area contributed by atoms with Gasteiger partial charge in [-0.3, -0.25) is 14.9 Å². The first-order valence-corrected chi connectivity index (χ1v) is 6.19. The van der Waals surface area contributed by atoms with E-state index in [9.17, 15) is 14.9 Å². The normalized spacial score (nSPS) is 10.1. The number of carbonyl (C=O) groups is 1. The Kier molecular flexibility index (Phi) is 4.45. The maximum Gasteiger partial charge on any atom is 0.307 e. The molecular weight excluding hydrogens is 274 g/mol. The molecule has 0 bridgehead atoms. The lowest BCUT2D eigenvalue weighted by molar-refractivity contribution is -0.384. The molecule has 0 saturated heterocycles. The van der Waals surface area contributed by atoms with Crippen LogP contribution in [-0.2, 0) is 17.8 Å². The topological polar surface area (TPSA) is 105 Å². The first kappa shape index (κ1) is 14.4. The van der Waals surface area contributed by atoms with Crippen molar-refractivity contribution >= 4 is 17.5 Å². The number of benzene rings is 1. The van der Waals surface area contributed by atoms with E-state index in [1.807, 2.05) is 12.1 Å². The number of carboxylic acids is 1. The Morgan fingerprint density at radius 3 is 2.67 bits per heavy atom. The fourth-order valence-corrected chi connectivity index (χ4v) is 1.88. The Balaban J connectivity index is 2.11. The summed E-state index contributed by atoms with van der Waals surface area (Å²) in [6, 6.07) is 9.77. The van der Waals surface area contributed by atoms with E-state index in [4.69, 9.17) is 5.11 Å². The number of hydrogen-bond acceptors (Lipinski definition) is 5. The van der Waals surface area contributed by atoms with E-state index in [-0.39, 0.29) is 12.1 Å². The number of carboxylic acid groups (broad SMARTS) is 1. The van der Waals surface area contributed by atoms with Gasteiger partial charge in [0.25, 0.3) is 5.69 Å². The van der Waals surface area contributed by atoms with E-state index in [0.717, 1.165) is 5.56 Å². The molecule has 108 valence electrons. The van der Waals surface area contributed by atoms with Crippen LogP contribution in [0, 0.1) is 10.1 Å². The van der Waals surface area contributed by atoms with E-state index < -0.39 is 10.9 Å². The highest BCUT2D eigenvalue weighted by Gasteiger charge is 2.09. The molecule has 0 aliphatic carbocycles. The van der Waals surface area contributed by atoms with E-state index in [2.05, 4.69) is 10.3 Å². The van der Waals surface area contributed by atoms with Crippen molar-refractivity contribution in [3.05, 3.63) is 63.8 Å². The maximum atomic E-state index is 10.8. The third-order valence-corrected chi connectivity index (χ3v) is 2.87. The lowest BCUT2D eigenvalue weighted by atomic mass is 10.0. The van der Waals surface area contributed by atoms with Gasteiger partial charge in [0.1, 0.15) is 5.82 Å². The monoisotopic (exact) mass is 287 g/mol. The standard InChI is InChI=1S/C14H13N3O4/c18-14(19)7-10-3-1-2-4-11(10)9-16-13-8-12(17(20)21)5-6-15-13/h1-6,8H,7,9H2,(H,15,16)(H,18,19). The molecule has 0 fully saturated rings. The Hall–Kier alpha value is -2.96. The van der Waals surface area contributed by atoms with Crippen molar-refractivity contribution in [3.8, 4) is 0 Å². The average Bonchev–Trinajstić information content (AvgIpc) is 2.46. The zero-order valence-corrected chi connectivity index (χ0v) is 11.0. The molecule has 0 saturated carbocycles. The van der Waals surface area contributed by atoms with Crippen LogP contribution in [0.4, 0.5) is 11.5 Å². The van der Waals surface area contributed by atoms with Gasteiger partial charge in [-0.2, -0.15) is 0 Å². The van der Waals surface area contributed by atoms with Crippen molar-refractivity contribution in [2.24, 2.45) is 0 Å². The summed E-state index contributed by atoms with van der Waals surface area (Å²) in [7, 11) is 0. The molecule has 0 amide bonds. The number of aromatic nitrogens is 1. The summed E-state index contributed by atoms with van der Waals surface area (Å²) in [5.74, 6) is -0.537. The molecule has 0 aliphatic rings. The number of nitro groups is 1. The number of aliphatic carboxylic acids is 1. The predicted molar refractivity (Wildman–Crippen MR) is 76.0 cm³/mol. The molecule has 0 atom stereocenters. The van der Waals surface area contributed by atoms with Crippen LogP contribution < -0.4 is 5.32 Å². The van der Waals surface area contributed by atoms with Crippen LogP contribution in [0.1, 0.15) is 11.1 Å². The molecule has 0 radical (unpaired) electrons. The Morgan fingerprint density at radius 1 is 1.29 bits per heavy atom. The molecule has 1 heterocycles. The molecule has 0 spiro atoms. The zero-order valence-electron chi connectivity index (χ0n) is 11.0. The van der Waals surface area contributed by atoms with Gasteiger partial charge in [0.15, 0.2) is 0 Å². The lowest BCUT2D eigenvalue weighted by Crippen LogP contribution is -2.08. The van der Waals surface area contributed by atoms with Gasteiger partial charge in [0.2, 0.25) is 0 Å². The summed E-state index contributed by atoms with van der Waals surface area (Å²) in [5, 5.41) is 22.5. The summed E-state index contributed by atoms with van der Waals surface area (Å²) in [6.07, 6.45) is 1.28. The number of anilines is 1. The average molecular weight is 287 g/mol. The number of nitrogens with one attached hydrogen (secondary N) is 1. The highest BCUT2D eigenvalue weighted by atomic mass is 16.6. The molecule has 2 aromatic rings. The molecule has 0 unspecified atom stereocenters. The number of hydrogen-bond donors (Lipinski definition) is 2. The molecule has 0 aliphatic heterocycles. The van der Waals surface area contributed by atoms with Crippen LogP contribution >= 0.6 is 0 Å². The first-order chi connectivity index (χ1) is 10.1. The molecule has 7 nitrogen and oxygen atoms in total. The Labute approximate surface area is 120 Å². The van der Waals surface area contributed by atoms with Crippen LogP contribution in [0.3, 0.4) is 0 Å². The van der Waals surface area contributed by atoms with Crippen molar-refractivity contribution in [2.75, 3.05) is 5.32 Å². The largest absolute Gasteiger partial charge is 0.481 e. The second kappa shape index (κ2) is 6.47. The van der Waals surface area contributed by atoms with Crippen molar-refractivity contribution in [1.82, 2.24) is 4.98 Å². The van der Waals surface area contributed by atoms with E-state index in [0.29, 0.717) is 17.9 Å². The Bertz CT molecular complexity index is 673. The molecule has 1 aromatic carbocycles. The van der Waals surface area contributed by atoms with Crippen LogP contribution in [0.2, 0.25) is 0 Å². The quantitative estimate of drug-likeness (QED) is 0.623. The SMILES string of the molecule is O=C(O)Cc1ccccc1CNc1cc([N+](=O)[O-])ccn1. The number of rotatable bonds is 6. The summed E-state index contributed by atoms with van der Waals surface area (Å²) in [6.45, 7) is 0.345. The van der Waals surface area contributed by atoms with Crippen molar-refractivity contribution in [1.29, 1.82) is 0 Å². The summed E-state index contributed by atoms with van der Waals surface area (Å²) >= 11 is 0. The van der Waals surface area contributed by atoms with Gasteiger partial charge in [0.05, 0.1) is 17.4 Å². The molecular formula is C14H13N3O4. The minimum Gasteiger partial charge on any atom is -0.481 e. The van der Waals surface area contributed by atoms with Crippen LogP contribution in [-0.4, -0.2) is 21.0 Å². The third kappa shape index (κ3) is 4.00. The smallest absolute Gasteiger partial charge is 0.307 e. The second-order valence-corrected chi connectivity index (χ2v) is 4.35.